The first kappa shape index (κ1) is 10.1. The standard InChI is InChI=1S/C11H6F3N3/c12-11(13,14)8-2-1-7-6-15-10-3-4-16-17(10)9(7)5-8/h1-6H. The quantitative estimate of drug-likeness (QED) is 0.601. The van der Waals surface area contributed by atoms with Crippen LogP contribution in [0.15, 0.2) is 36.7 Å². The van der Waals surface area contributed by atoms with Gasteiger partial charge in [0, 0.05) is 17.6 Å². The number of halogens is 3. The molecule has 0 unspecified atom stereocenters. The maximum Gasteiger partial charge on any atom is 0.416 e. The molecule has 86 valence electrons. The molecule has 0 N–H and O–H groups in total. The minimum atomic E-state index is -4.35. The Morgan fingerprint density at radius 2 is 1.94 bits per heavy atom. The Hall–Kier alpha value is -2.11. The van der Waals surface area contributed by atoms with Crippen molar-refractivity contribution in [3.05, 3.63) is 42.2 Å². The summed E-state index contributed by atoms with van der Waals surface area (Å²) in [7, 11) is 0. The van der Waals surface area contributed by atoms with Gasteiger partial charge in [-0.25, -0.2) is 9.50 Å². The second kappa shape index (κ2) is 3.19. The number of nitrogens with zero attached hydrogens (tertiary/aromatic N) is 3. The van der Waals surface area contributed by atoms with E-state index in [4.69, 9.17) is 0 Å². The summed E-state index contributed by atoms with van der Waals surface area (Å²) in [6.45, 7) is 0. The molecule has 3 rings (SSSR count). The van der Waals surface area contributed by atoms with Crippen LogP contribution < -0.4 is 0 Å². The lowest BCUT2D eigenvalue weighted by Gasteiger charge is -2.08. The molecule has 0 aliphatic rings. The first-order valence-corrected chi connectivity index (χ1v) is 4.85. The largest absolute Gasteiger partial charge is 0.416 e. The first-order chi connectivity index (χ1) is 8.05. The average Bonchev–Trinajstić information content (AvgIpc) is 2.75. The van der Waals surface area contributed by atoms with E-state index in [0.29, 0.717) is 16.6 Å². The summed E-state index contributed by atoms with van der Waals surface area (Å²) in [6, 6.07) is 5.16. The number of aromatic nitrogens is 3. The van der Waals surface area contributed by atoms with Crippen LogP contribution >= 0.6 is 0 Å². The van der Waals surface area contributed by atoms with Crippen LogP contribution in [0.25, 0.3) is 16.6 Å². The van der Waals surface area contributed by atoms with Gasteiger partial charge >= 0.3 is 6.18 Å². The van der Waals surface area contributed by atoms with Gasteiger partial charge in [0.15, 0.2) is 5.65 Å². The number of hydrogen-bond acceptors (Lipinski definition) is 2. The van der Waals surface area contributed by atoms with Crippen LogP contribution in [0.3, 0.4) is 0 Å². The Kier molecular flexibility index (Phi) is 1.89. The lowest BCUT2D eigenvalue weighted by Crippen LogP contribution is -2.05. The molecule has 0 saturated carbocycles. The van der Waals surface area contributed by atoms with E-state index in [2.05, 4.69) is 10.1 Å². The Balaban J connectivity index is 2.40. The van der Waals surface area contributed by atoms with Crippen LogP contribution in [0.1, 0.15) is 5.56 Å². The van der Waals surface area contributed by atoms with Gasteiger partial charge < -0.3 is 0 Å². The summed E-state index contributed by atoms with van der Waals surface area (Å²) in [5.74, 6) is 0. The molecule has 1 aromatic carbocycles. The van der Waals surface area contributed by atoms with Crippen LogP contribution in [-0.2, 0) is 6.18 Å². The molecule has 0 amide bonds. The summed E-state index contributed by atoms with van der Waals surface area (Å²) in [6.07, 6.45) is -1.31. The number of alkyl halides is 3. The highest BCUT2D eigenvalue weighted by Crippen LogP contribution is 2.31. The molecular weight excluding hydrogens is 231 g/mol. The molecule has 3 aromatic rings. The van der Waals surface area contributed by atoms with E-state index >= 15 is 0 Å². The molecule has 0 bridgehead atoms. The smallest absolute Gasteiger partial charge is 0.236 e. The maximum absolute atomic E-state index is 12.6. The second-order valence-electron chi connectivity index (χ2n) is 3.63. The van der Waals surface area contributed by atoms with Crippen molar-refractivity contribution in [3.63, 3.8) is 0 Å². The summed E-state index contributed by atoms with van der Waals surface area (Å²) >= 11 is 0. The van der Waals surface area contributed by atoms with Gasteiger partial charge in [0.2, 0.25) is 0 Å². The van der Waals surface area contributed by atoms with Crippen LogP contribution in [0.5, 0.6) is 0 Å². The Bertz CT molecular complexity index is 700. The van der Waals surface area contributed by atoms with Crippen LogP contribution in [0.2, 0.25) is 0 Å². The zero-order valence-electron chi connectivity index (χ0n) is 8.44. The third-order valence-electron chi connectivity index (χ3n) is 2.54. The molecule has 0 fully saturated rings. The van der Waals surface area contributed by atoms with Crippen molar-refractivity contribution >= 4 is 16.6 Å². The van der Waals surface area contributed by atoms with Gasteiger partial charge in [-0.3, -0.25) is 0 Å². The molecule has 0 atom stereocenters. The van der Waals surface area contributed by atoms with Gasteiger partial charge in [-0.05, 0) is 12.1 Å². The lowest BCUT2D eigenvalue weighted by atomic mass is 10.1. The van der Waals surface area contributed by atoms with E-state index in [1.54, 1.807) is 6.07 Å². The summed E-state index contributed by atoms with van der Waals surface area (Å²) in [5.41, 5.74) is 0.236. The molecule has 0 saturated heterocycles. The molecule has 0 aliphatic carbocycles. The fourth-order valence-corrected chi connectivity index (χ4v) is 1.73. The molecule has 17 heavy (non-hydrogen) atoms. The fourth-order valence-electron chi connectivity index (χ4n) is 1.73. The van der Waals surface area contributed by atoms with Gasteiger partial charge in [0.25, 0.3) is 0 Å². The van der Waals surface area contributed by atoms with Crippen LogP contribution in [0, 0.1) is 0 Å². The minimum absolute atomic E-state index is 0.398. The number of hydrogen-bond donors (Lipinski definition) is 0. The Morgan fingerprint density at radius 1 is 1.12 bits per heavy atom. The SMILES string of the molecule is FC(F)(F)c1ccc2cnc3ccnn3c2c1. The van der Waals surface area contributed by atoms with E-state index < -0.39 is 11.7 Å². The normalized spacial score (nSPS) is 12.4. The van der Waals surface area contributed by atoms with Crippen molar-refractivity contribution in [2.24, 2.45) is 0 Å². The lowest BCUT2D eigenvalue weighted by molar-refractivity contribution is -0.137. The van der Waals surface area contributed by atoms with Crippen molar-refractivity contribution in [2.75, 3.05) is 0 Å². The monoisotopic (exact) mass is 237 g/mol. The van der Waals surface area contributed by atoms with Gasteiger partial charge in [-0.15, -0.1) is 0 Å². The van der Waals surface area contributed by atoms with Gasteiger partial charge in [0.1, 0.15) is 0 Å². The van der Waals surface area contributed by atoms with Gasteiger partial charge in [0.05, 0.1) is 17.3 Å². The molecule has 0 spiro atoms. The maximum atomic E-state index is 12.6. The summed E-state index contributed by atoms with van der Waals surface area (Å²) < 4.78 is 39.2. The highest BCUT2D eigenvalue weighted by atomic mass is 19.4. The van der Waals surface area contributed by atoms with Crippen molar-refractivity contribution in [1.82, 2.24) is 14.6 Å². The zero-order valence-corrected chi connectivity index (χ0v) is 8.44. The highest BCUT2D eigenvalue weighted by Gasteiger charge is 2.30. The molecule has 2 aromatic heterocycles. The summed E-state index contributed by atoms with van der Waals surface area (Å²) in [5, 5.41) is 4.58. The van der Waals surface area contributed by atoms with E-state index in [9.17, 15) is 13.2 Å². The van der Waals surface area contributed by atoms with E-state index in [1.165, 1.54) is 23.0 Å². The molecule has 2 heterocycles. The van der Waals surface area contributed by atoms with Gasteiger partial charge in [-0.1, -0.05) is 6.07 Å². The Morgan fingerprint density at radius 3 is 2.71 bits per heavy atom. The minimum Gasteiger partial charge on any atom is -0.236 e. The highest BCUT2D eigenvalue weighted by molar-refractivity contribution is 5.81. The van der Waals surface area contributed by atoms with Crippen molar-refractivity contribution in [3.8, 4) is 0 Å². The zero-order chi connectivity index (χ0) is 12.0. The molecule has 0 radical (unpaired) electrons. The van der Waals surface area contributed by atoms with Crippen molar-refractivity contribution in [1.29, 1.82) is 0 Å². The molecular formula is C11H6F3N3. The van der Waals surface area contributed by atoms with Crippen molar-refractivity contribution in [2.45, 2.75) is 6.18 Å². The predicted molar refractivity (Wildman–Crippen MR) is 55.5 cm³/mol. The topological polar surface area (TPSA) is 30.2 Å². The predicted octanol–water partition coefficient (Wildman–Crippen LogP) is 2.90. The molecule has 0 aliphatic heterocycles. The Labute approximate surface area is 93.5 Å². The average molecular weight is 237 g/mol. The molecule has 6 heteroatoms. The van der Waals surface area contributed by atoms with E-state index in [0.717, 1.165) is 12.1 Å². The number of rotatable bonds is 0. The number of fused-ring (bicyclic) bond motifs is 3. The van der Waals surface area contributed by atoms with Crippen molar-refractivity contribution < 1.29 is 13.2 Å². The van der Waals surface area contributed by atoms with Crippen LogP contribution in [-0.4, -0.2) is 14.6 Å². The third kappa shape index (κ3) is 1.52. The summed E-state index contributed by atoms with van der Waals surface area (Å²) in [4.78, 5) is 4.08. The second-order valence-corrected chi connectivity index (χ2v) is 3.63. The van der Waals surface area contributed by atoms with Gasteiger partial charge in [-0.2, -0.15) is 18.3 Å². The fraction of sp³-hybridized carbons (Fsp3) is 0.0909. The molecule has 3 nitrogen and oxygen atoms in total. The third-order valence-corrected chi connectivity index (χ3v) is 2.54. The van der Waals surface area contributed by atoms with E-state index in [1.807, 2.05) is 0 Å². The van der Waals surface area contributed by atoms with E-state index in [-0.39, 0.29) is 0 Å². The first-order valence-electron chi connectivity index (χ1n) is 4.85. The number of benzene rings is 1. The van der Waals surface area contributed by atoms with Crippen LogP contribution in [0.4, 0.5) is 13.2 Å².